The fraction of sp³-hybridized carbons (Fsp3) is 0.462. The van der Waals surface area contributed by atoms with Crippen molar-refractivity contribution in [3.63, 3.8) is 0 Å². The summed E-state index contributed by atoms with van der Waals surface area (Å²) in [7, 11) is -3.49. The molecule has 2 aliphatic rings. The molecule has 2 aromatic carbocycles. The van der Waals surface area contributed by atoms with Gasteiger partial charge in [-0.25, -0.2) is 8.42 Å². The number of carbonyl (C=O) groups is 4. The largest absolute Gasteiger partial charge is 0.480 e. The second kappa shape index (κ2) is 10.8. The van der Waals surface area contributed by atoms with E-state index in [-0.39, 0.29) is 36.4 Å². The van der Waals surface area contributed by atoms with Gasteiger partial charge < -0.3 is 15.5 Å². The summed E-state index contributed by atoms with van der Waals surface area (Å²) in [5.41, 5.74) is 0.520. The molecule has 4 atom stereocenters. The number of imide groups is 1. The number of carboxylic acid groups (broad SMARTS) is 1. The zero-order chi connectivity index (χ0) is 27.8. The maximum Gasteiger partial charge on any atom is 0.320 e. The minimum atomic E-state index is -3.49. The Bertz CT molecular complexity index is 1340. The normalized spacial score (nSPS) is 22.1. The Balaban J connectivity index is 1.45. The summed E-state index contributed by atoms with van der Waals surface area (Å²) in [6, 6.07) is 7.36. The van der Waals surface area contributed by atoms with Crippen LogP contribution in [0.15, 0.2) is 36.4 Å². The highest BCUT2D eigenvalue weighted by atomic mass is 32.2. The molecule has 0 saturated carbocycles. The molecule has 204 valence electrons. The molecule has 4 rings (SSSR count). The Kier molecular flexibility index (Phi) is 7.86. The summed E-state index contributed by atoms with van der Waals surface area (Å²) >= 11 is 0. The van der Waals surface area contributed by atoms with Crippen molar-refractivity contribution in [2.75, 3.05) is 18.1 Å². The van der Waals surface area contributed by atoms with Crippen molar-refractivity contribution < 1.29 is 37.8 Å². The van der Waals surface area contributed by atoms with Crippen LogP contribution in [0.5, 0.6) is 0 Å². The predicted molar refractivity (Wildman–Crippen MR) is 138 cm³/mol. The average Bonchev–Trinajstić information content (AvgIpc) is 3.23. The molecule has 2 aliphatic heterocycles. The van der Waals surface area contributed by atoms with Gasteiger partial charge in [-0.3, -0.25) is 29.4 Å². The number of aliphatic carboxylic acids is 1. The van der Waals surface area contributed by atoms with E-state index < -0.39 is 69.3 Å². The van der Waals surface area contributed by atoms with Crippen LogP contribution >= 0.6 is 0 Å². The molecule has 2 aromatic rings. The first-order valence-corrected chi connectivity index (χ1v) is 14.2. The molecule has 38 heavy (non-hydrogen) atoms. The monoisotopic (exact) mass is 545 g/mol. The fourth-order valence-electron chi connectivity index (χ4n) is 4.93. The van der Waals surface area contributed by atoms with E-state index in [9.17, 15) is 37.8 Å². The Morgan fingerprint density at radius 2 is 1.61 bits per heavy atom. The topological polar surface area (TPSA) is 170 Å². The molecule has 0 radical (unpaired) electrons. The number of sulfone groups is 1. The van der Waals surface area contributed by atoms with Gasteiger partial charge in [0.1, 0.15) is 6.04 Å². The summed E-state index contributed by atoms with van der Waals surface area (Å²) in [6.45, 7) is 3.51. The van der Waals surface area contributed by atoms with Gasteiger partial charge in [0.05, 0.1) is 40.8 Å². The minimum Gasteiger partial charge on any atom is -0.480 e. The SMILES string of the molecule is CC(C)C[C@@H](NC(CCN1C(=O)c2cc3ccccc3cc2C1=O)C(=O)O)C(=O)NC1CS(=O)(=O)CC1O. The number of benzene rings is 2. The molecule has 3 amide bonds. The lowest BCUT2D eigenvalue weighted by Crippen LogP contribution is -2.55. The van der Waals surface area contributed by atoms with Gasteiger partial charge >= 0.3 is 5.97 Å². The second-order valence-corrected chi connectivity index (χ2v) is 12.4. The van der Waals surface area contributed by atoms with Crippen LogP contribution in [-0.2, 0) is 19.4 Å². The van der Waals surface area contributed by atoms with Gasteiger partial charge in [0.25, 0.3) is 11.8 Å². The summed E-state index contributed by atoms with van der Waals surface area (Å²) in [5, 5.41) is 26.8. The Morgan fingerprint density at radius 3 is 2.08 bits per heavy atom. The molecule has 0 spiro atoms. The van der Waals surface area contributed by atoms with Crippen LogP contribution in [0, 0.1) is 5.92 Å². The fourth-order valence-corrected chi connectivity index (χ4v) is 6.67. The number of amides is 3. The van der Waals surface area contributed by atoms with Crippen LogP contribution in [0.3, 0.4) is 0 Å². The molecule has 1 fully saturated rings. The van der Waals surface area contributed by atoms with Crippen molar-refractivity contribution in [3.05, 3.63) is 47.5 Å². The molecule has 3 unspecified atom stereocenters. The van der Waals surface area contributed by atoms with Gasteiger partial charge in [-0.1, -0.05) is 38.1 Å². The van der Waals surface area contributed by atoms with Gasteiger partial charge in [-0.2, -0.15) is 0 Å². The van der Waals surface area contributed by atoms with Gasteiger partial charge in [0.15, 0.2) is 9.84 Å². The van der Waals surface area contributed by atoms with Crippen LogP contribution in [0.2, 0.25) is 0 Å². The molecule has 0 aromatic heterocycles. The summed E-state index contributed by atoms with van der Waals surface area (Å²) in [4.78, 5) is 52.0. The van der Waals surface area contributed by atoms with Gasteiger partial charge in [0.2, 0.25) is 5.91 Å². The van der Waals surface area contributed by atoms with E-state index in [1.165, 1.54) is 0 Å². The smallest absolute Gasteiger partial charge is 0.320 e. The Labute approximate surface area is 220 Å². The first-order chi connectivity index (χ1) is 17.9. The lowest BCUT2D eigenvalue weighted by Gasteiger charge is -2.27. The zero-order valence-electron chi connectivity index (χ0n) is 21.1. The number of aliphatic hydroxyl groups is 1. The second-order valence-electron chi connectivity index (χ2n) is 10.3. The van der Waals surface area contributed by atoms with Crippen molar-refractivity contribution in [2.24, 2.45) is 5.92 Å². The van der Waals surface area contributed by atoms with E-state index in [2.05, 4.69) is 10.6 Å². The molecule has 0 bridgehead atoms. The number of hydrogen-bond donors (Lipinski definition) is 4. The van der Waals surface area contributed by atoms with Crippen molar-refractivity contribution >= 4 is 44.3 Å². The maximum atomic E-state index is 13.0. The molecule has 12 heteroatoms. The number of hydrogen-bond acceptors (Lipinski definition) is 8. The van der Waals surface area contributed by atoms with Gasteiger partial charge in [-0.15, -0.1) is 0 Å². The Morgan fingerprint density at radius 1 is 1.03 bits per heavy atom. The van der Waals surface area contributed by atoms with E-state index >= 15 is 0 Å². The molecular formula is C26H31N3O8S. The zero-order valence-corrected chi connectivity index (χ0v) is 21.9. The van der Waals surface area contributed by atoms with E-state index in [1.54, 1.807) is 12.1 Å². The van der Waals surface area contributed by atoms with Gasteiger partial charge in [-0.05, 0) is 41.7 Å². The van der Waals surface area contributed by atoms with Crippen LogP contribution < -0.4 is 10.6 Å². The van der Waals surface area contributed by atoms with E-state index in [0.717, 1.165) is 15.7 Å². The molecule has 11 nitrogen and oxygen atoms in total. The van der Waals surface area contributed by atoms with Crippen LogP contribution in [0.25, 0.3) is 10.8 Å². The van der Waals surface area contributed by atoms with E-state index in [1.807, 2.05) is 38.1 Å². The van der Waals surface area contributed by atoms with E-state index in [4.69, 9.17) is 0 Å². The molecule has 1 saturated heterocycles. The molecule has 4 N–H and O–H groups in total. The minimum absolute atomic E-state index is 0.0182. The number of nitrogens with one attached hydrogen (secondary N) is 2. The van der Waals surface area contributed by atoms with Crippen molar-refractivity contribution in [1.29, 1.82) is 0 Å². The van der Waals surface area contributed by atoms with Crippen LogP contribution in [0.1, 0.15) is 47.4 Å². The number of nitrogens with zero attached hydrogens (tertiary/aromatic N) is 1. The van der Waals surface area contributed by atoms with Crippen LogP contribution in [0.4, 0.5) is 0 Å². The highest BCUT2D eigenvalue weighted by Gasteiger charge is 2.40. The maximum absolute atomic E-state index is 13.0. The standard InChI is InChI=1S/C26H31N3O8S/c1-14(2)9-20(23(31)28-21-12-38(36,37)13-22(21)30)27-19(26(34)35)7-8-29-24(32)17-10-15-5-3-4-6-16(15)11-18(17)25(29)33/h3-6,10-11,14,19-22,27,30H,7-9,12-13H2,1-2H3,(H,28,31)(H,34,35)/t19?,20-,21?,22?/m1/s1. The molecular weight excluding hydrogens is 514 g/mol. The summed E-state index contributed by atoms with van der Waals surface area (Å²) in [6.07, 6.45) is -1.16. The quantitative estimate of drug-likeness (QED) is 0.312. The number of carbonyl (C=O) groups excluding carboxylic acids is 3. The highest BCUT2D eigenvalue weighted by molar-refractivity contribution is 7.91. The highest BCUT2D eigenvalue weighted by Crippen LogP contribution is 2.28. The first kappa shape index (κ1) is 27.7. The third-order valence-electron chi connectivity index (χ3n) is 6.85. The number of aliphatic hydroxyl groups excluding tert-OH is 1. The predicted octanol–water partition coefficient (Wildman–Crippen LogP) is 0.558. The number of fused-ring (bicyclic) bond motifs is 2. The van der Waals surface area contributed by atoms with Crippen LogP contribution in [-0.4, -0.2) is 89.5 Å². The van der Waals surface area contributed by atoms with Gasteiger partial charge in [0, 0.05) is 6.54 Å². The van der Waals surface area contributed by atoms with Crippen molar-refractivity contribution in [2.45, 2.75) is 50.9 Å². The van der Waals surface area contributed by atoms with E-state index in [0.29, 0.717) is 0 Å². The average molecular weight is 546 g/mol. The summed E-state index contributed by atoms with van der Waals surface area (Å²) < 4.78 is 23.6. The lowest BCUT2D eigenvalue weighted by molar-refractivity contribution is -0.140. The summed E-state index contributed by atoms with van der Waals surface area (Å²) in [5.74, 6) is -3.77. The number of carboxylic acids is 1. The van der Waals surface area contributed by atoms with Crippen molar-refractivity contribution in [1.82, 2.24) is 15.5 Å². The van der Waals surface area contributed by atoms with Crippen molar-refractivity contribution in [3.8, 4) is 0 Å². The molecule has 2 heterocycles. The first-order valence-electron chi connectivity index (χ1n) is 12.4. The third kappa shape index (κ3) is 5.87. The lowest BCUT2D eigenvalue weighted by atomic mass is 10.0. The Hall–Kier alpha value is -3.35. The molecule has 0 aliphatic carbocycles. The number of rotatable bonds is 10. The third-order valence-corrected chi connectivity index (χ3v) is 8.57.